The number of imidazole rings is 1. The van der Waals surface area contributed by atoms with Crippen molar-refractivity contribution in [2.75, 3.05) is 6.61 Å². The van der Waals surface area contributed by atoms with Crippen LogP contribution in [0.15, 0.2) is 42.7 Å². The molecule has 0 spiro atoms. The third-order valence-corrected chi connectivity index (χ3v) is 4.24. The molecule has 2 aromatic heterocycles. The predicted octanol–water partition coefficient (Wildman–Crippen LogP) is 3.60. The van der Waals surface area contributed by atoms with E-state index in [1.54, 1.807) is 6.20 Å². The van der Waals surface area contributed by atoms with Crippen molar-refractivity contribution < 1.29 is 9.53 Å². The molecule has 26 heavy (non-hydrogen) atoms. The van der Waals surface area contributed by atoms with Crippen LogP contribution in [0, 0.1) is 20.8 Å². The Balaban J connectivity index is 1.67. The van der Waals surface area contributed by atoms with E-state index in [0.29, 0.717) is 5.82 Å². The molecule has 2 heterocycles. The number of benzene rings is 1. The summed E-state index contributed by atoms with van der Waals surface area (Å²) >= 11 is 0. The minimum atomic E-state index is -0.00866. The van der Waals surface area contributed by atoms with Crippen molar-refractivity contribution in [3.63, 3.8) is 0 Å². The Bertz CT molecular complexity index is 907. The van der Waals surface area contributed by atoms with Crippen molar-refractivity contribution >= 4 is 5.78 Å². The molecular formula is C21H23N3O2. The Morgan fingerprint density at radius 2 is 1.85 bits per heavy atom. The SMILES string of the molecule is Cc1cc(C)c(OCC(=O)Cc2nc(-c3ccccn3)cn2C)c(C)c1. The zero-order valence-electron chi connectivity index (χ0n) is 15.6. The second kappa shape index (κ2) is 7.52. The Labute approximate surface area is 153 Å². The third-order valence-electron chi connectivity index (χ3n) is 4.24. The van der Waals surface area contributed by atoms with Gasteiger partial charge in [-0.05, 0) is 44.0 Å². The number of hydrogen-bond donors (Lipinski definition) is 0. The van der Waals surface area contributed by atoms with Gasteiger partial charge in [0.2, 0.25) is 0 Å². The van der Waals surface area contributed by atoms with Gasteiger partial charge in [0.25, 0.3) is 0 Å². The lowest BCUT2D eigenvalue weighted by atomic mass is 10.1. The summed E-state index contributed by atoms with van der Waals surface area (Å²) in [5, 5.41) is 0. The summed E-state index contributed by atoms with van der Waals surface area (Å²) in [6.45, 7) is 6.08. The standard InChI is InChI=1S/C21H23N3O2/c1-14-9-15(2)21(16(3)10-14)26-13-17(25)11-20-23-19(12-24(20)4)18-7-5-6-8-22-18/h5-10,12H,11,13H2,1-4H3. The lowest BCUT2D eigenvalue weighted by Crippen LogP contribution is -2.16. The second-order valence-corrected chi connectivity index (χ2v) is 6.60. The number of ether oxygens (including phenoxy) is 1. The lowest BCUT2D eigenvalue weighted by molar-refractivity contribution is -0.120. The number of Topliss-reactive ketones (excluding diaryl/α,β-unsaturated/α-hetero) is 1. The smallest absolute Gasteiger partial charge is 0.177 e. The number of ketones is 1. The van der Waals surface area contributed by atoms with Crippen molar-refractivity contribution in [1.29, 1.82) is 0 Å². The largest absolute Gasteiger partial charge is 0.485 e. The van der Waals surface area contributed by atoms with E-state index < -0.39 is 0 Å². The Morgan fingerprint density at radius 1 is 1.12 bits per heavy atom. The van der Waals surface area contributed by atoms with Gasteiger partial charge in [0.05, 0.1) is 12.1 Å². The van der Waals surface area contributed by atoms with Gasteiger partial charge in [-0.2, -0.15) is 0 Å². The van der Waals surface area contributed by atoms with E-state index in [9.17, 15) is 4.79 Å². The minimum absolute atomic E-state index is 0.00866. The molecular weight excluding hydrogens is 326 g/mol. The molecule has 0 N–H and O–H groups in total. The number of rotatable bonds is 6. The fourth-order valence-electron chi connectivity index (χ4n) is 3.08. The number of pyridine rings is 1. The van der Waals surface area contributed by atoms with Crippen molar-refractivity contribution in [2.45, 2.75) is 27.2 Å². The average Bonchev–Trinajstić information content (AvgIpc) is 2.95. The van der Waals surface area contributed by atoms with E-state index in [1.165, 1.54) is 5.56 Å². The highest BCUT2D eigenvalue weighted by molar-refractivity contribution is 5.82. The highest BCUT2D eigenvalue weighted by atomic mass is 16.5. The van der Waals surface area contributed by atoms with E-state index in [2.05, 4.69) is 29.0 Å². The summed E-state index contributed by atoms with van der Waals surface area (Å²) in [5.41, 5.74) is 4.84. The predicted molar refractivity (Wildman–Crippen MR) is 101 cm³/mol. The first-order valence-electron chi connectivity index (χ1n) is 8.60. The number of aryl methyl sites for hydroxylation is 4. The fourth-order valence-corrected chi connectivity index (χ4v) is 3.08. The van der Waals surface area contributed by atoms with Gasteiger partial charge in [-0.3, -0.25) is 9.78 Å². The maximum Gasteiger partial charge on any atom is 0.177 e. The van der Waals surface area contributed by atoms with Gasteiger partial charge in [-0.25, -0.2) is 4.98 Å². The zero-order valence-corrected chi connectivity index (χ0v) is 15.6. The van der Waals surface area contributed by atoms with Gasteiger partial charge in [0, 0.05) is 19.4 Å². The highest BCUT2D eigenvalue weighted by Gasteiger charge is 2.14. The van der Waals surface area contributed by atoms with Gasteiger partial charge in [-0.15, -0.1) is 0 Å². The molecule has 0 unspecified atom stereocenters. The van der Waals surface area contributed by atoms with Crippen molar-refractivity contribution in [3.05, 3.63) is 65.2 Å². The van der Waals surface area contributed by atoms with Crippen LogP contribution in [0.1, 0.15) is 22.5 Å². The summed E-state index contributed by atoms with van der Waals surface area (Å²) in [4.78, 5) is 21.2. The number of nitrogens with zero attached hydrogens (tertiary/aromatic N) is 3. The van der Waals surface area contributed by atoms with Gasteiger partial charge in [-0.1, -0.05) is 23.8 Å². The number of hydrogen-bond acceptors (Lipinski definition) is 4. The molecule has 0 saturated carbocycles. The molecule has 0 saturated heterocycles. The van der Waals surface area contributed by atoms with Crippen LogP contribution in [0.5, 0.6) is 5.75 Å². The fraction of sp³-hybridized carbons (Fsp3) is 0.286. The molecule has 5 heteroatoms. The summed E-state index contributed by atoms with van der Waals surface area (Å²) in [7, 11) is 1.89. The third kappa shape index (κ3) is 3.99. The van der Waals surface area contributed by atoms with E-state index in [-0.39, 0.29) is 18.8 Å². The monoisotopic (exact) mass is 349 g/mol. The van der Waals surface area contributed by atoms with Crippen LogP contribution in [0.25, 0.3) is 11.4 Å². The first-order valence-corrected chi connectivity index (χ1v) is 8.60. The molecule has 0 radical (unpaired) electrons. The molecule has 0 aliphatic rings. The summed E-state index contributed by atoms with van der Waals surface area (Å²) < 4.78 is 7.65. The second-order valence-electron chi connectivity index (χ2n) is 6.60. The number of aromatic nitrogens is 3. The van der Waals surface area contributed by atoms with Crippen molar-refractivity contribution in [1.82, 2.24) is 14.5 Å². The molecule has 0 bridgehead atoms. The van der Waals surface area contributed by atoms with Gasteiger partial charge >= 0.3 is 0 Å². The van der Waals surface area contributed by atoms with Crippen LogP contribution in [0.3, 0.4) is 0 Å². The van der Waals surface area contributed by atoms with Crippen molar-refractivity contribution in [2.24, 2.45) is 7.05 Å². The first-order chi connectivity index (χ1) is 12.4. The number of carbonyl (C=O) groups is 1. The van der Waals surface area contributed by atoms with Gasteiger partial charge in [0.1, 0.15) is 23.9 Å². The average molecular weight is 349 g/mol. The molecule has 5 nitrogen and oxygen atoms in total. The van der Waals surface area contributed by atoms with Crippen LogP contribution in [-0.2, 0) is 18.3 Å². The molecule has 0 aliphatic carbocycles. The van der Waals surface area contributed by atoms with Crippen LogP contribution in [0.2, 0.25) is 0 Å². The van der Waals surface area contributed by atoms with Crippen molar-refractivity contribution in [3.8, 4) is 17.1 Å². The van der Waals surface area contributed by atoms with E-state index in [1.807, 2.05) is 49.9 Å². The first kappa shape index (κ1) is 17.9. The molecule has 3 rings (SSSR count). The number of carbonyl (C=O) groups excluding carboxylic acids is 1. The van der Waals surface area contributed by atoms with Crippen LogP contribution in [-0.4, -0.2) is 26.9 Å². The Kier molecular flexibility index (Phi) is 5.16. The summed E-state index contributed by atoms with van der Waals surface area (Å²) in [6, 6.07) is 9.81. The maximum absolute atomic E-state index is 12.4. The summed E-state index contributed by atoms with van der Waals surface area (Å²) in [5.74, 6) is 1.49. The minimum Gasteiger partial charge on any atom is -0.485 e. The van der Waals surface area contributed by atoms with E-state index in [0.717, 1.165) is 28.3 Å². The zero-order chi connectivity index (χ0) is 18.7. The lowest BCUT2D eigenvalue weighted by Gasteiger charge is -2.12. The Morgan fingerprint density at radius 3 is 2.50 bits per heavy atom. The molecule has 0 amide bonds. The highest BCUT2D eigenvalue weighted by Crippen LogP contribution is 2.24. The Hall–Kier alpha value is -2.95. The van der Waals surface area contributed by atoms with E-state index in [4.69, 9.17) is 4.74 Å². The molecule has 3 aromatic rings. The summed E-state index contributed by atoms with van der Waals surface area (Å²) in [6.07, 6.45) is 3.85. The molecule has 0 fully saturated rings. The molecule has 1 aromatic carbocycles. The quantitative estimate of drug-likeness (QED) is 0.682. The molecule has 134 valence electrons. The maximum atomic E-state index is 12.4. The van der Waals surface area contributed by atoms with Crippen LogP contribution < -0.4 is 4.74 Å². The van der Waals surface area contributed by atoms with Crippen LogP contribution >= 0.6 is 0 Å². The van der Waals surface area contributed by atoms with Gasteiger partial charge < -0.3 is 9.30 Å². The van der Waals surface area contributed by atoms with E-state index >= 15 is 0 Å². The van der Waals surface area contributed by atoms with Gasteiger partial charge in [0.15, 0.2) is 5.78 Å². The molecule has 0 aliphatic heterocycles. The normalized spacial score (nSPS) is 10.8. The topological polar surface area (TPSA) is 57.0 Å². The van der Waals surface area contributed by atoms with Crippen LogP contribution in [0.4, 0.5) is 0 Å². The molecule has 0 atom stereocenters.